The number of amides is 1. The van der Waals surface area contributed by atoms with Crippen molar-refractivity contribution in [1.29, 1.82) is 0 Å². The molecule has 0 bridgehead atoms. The predicted octanol–water partition coefficient (Wildman–Crippen LogP) is 5.35. The number of rotatable bonds is 9. The number of para-hydroxylation sites is 1. The number of fused-ring (bicyclic) bond motifs is 2. The van der Waals surface area contributed by atoms with Gasteiger partial charge in [-0.25, -0.2) is 4.98 Å². The van der Waals surface area contributed by atoms with Gasteiger partial charge in [0.2, 0.25) is 0 Å². The van der Waals surface area contributed by atoms with Crippen LogP contribution in [0.4, 0.5) is 0 Å². The van der Waals surface area contributed by atoms with Crippen molar-refractivity contribution in [2.45, 2.75) is 12.3 Å². The average Bonchev–Trinajstić information content (AvgIpc) is 3.68. The van der Waals surface area contributed by atoms with Gasteiger partial charge >= 0.3 is 0 Å². The second-order valence-corrected chi connectivity index (χ2v) is 10.9. The number of aromatic amines is 1. The SMILES string of the molecule is COc1ccc(C(=O)NCCc2c(C(c3ccccc3)c3c(O)c4ncsc4n(C)c3=O)[nH]c3ccccc23)cc1OC. The summed E-state index contributed by atoms with van der Waals surface area (Å²) in [6, 6.07) is 22.6. The van der Waals surface area contributed by atoms with E-state index in [-0.39, 0.29) is 22.8 Å². The predicted molar refractivity (Wildman–Crippen MR) is 168 cm³/mol. The molecule has 6 rings (SSSR count). The Hall–Kier alpha value is -5.09. The van der Waals surface area contributed by atoms with Crippen LogP contribution < -0.4 is 20.3 Å². The third-order valence-corrected chi connectivity index (χ3v) is 8.63. The number of hydrogen-bond acceptors (Lipinski definition) is 7. The molecule has 0 spiro atoms. The van der Waals surface area contributed by atoms with Crippen molar-refractivity contribution in [3.63, 3.8) is 0 Å². The van der Waals surface area contributed by atoms with Crippen LogP contribution in [0.25, 0.3) is 21.3 Å². The van der Waals surface area contributed by atoms with E-state index in [0.717, 1.165) is 27.7 Å². The lowest BCUT2D eigenvalue weighted by atomic mass is 9.85. The van der Waals surface area contributed by atoms with Crippen LogP contribution in [0.1, 0.15) is 38.7 Å². The van der Waals surface area contributed by atoms with Crippen LogP contribution in [-0.2, 0) is 13.5 Å². The highest BCUT2D eigenvalue weighted by Gasteiger charge is 2.30. The molecule has 43 heavy (non-hydrogen) atoms. The average molecular weight is 595 g/mol. The smallest absolute Gasteiger partial charge is 0.259 e. The number of H-pyrrole nitrogens is 1. The summed E-state index contributed by atoms with van der Waals surface area (Å²) < 4.78 is 12.2. The minimum Gasteiger partial charge on any atom is -0.505 e. The molecule has 10 heteroatoms. The molecule has 6 aromatic rings. The zero-order chi connectivity index (χ0) is 30.1. The van der Waals surface area contributed by atoms with Gasteiger partial charge in [-0.15, -0.1) is 11.3 Å². The second kappa shape index (κ2) is 11.7. The molecule has 1 unspecified atom stereocenters. The van der Waals surface area contributed by atoms with Crippen LogP contribution in [0, 0.1) is 0 Å². The summed E-state index contributed by atoms with van der Waals surface area (Å²) in [4.78, 5) is 35.5. The summed E-state index contributed by atoms with van der Waals surface area (Å²) in [5.41, 5.74) is 5.86. The van der Waals surface area contributed by atoms with E-state index < -0.39 is 5.92 Å². The van der Waals surface area contributed by atoms with Gasteiger partial charge in [-0.2, -0.15) is 0 Å². The number of benzene rings is 3. The lowest BCUT2D eigenvalue weighted by Crippen LogP contribution is -2.27. The van der Waals surface area contributed by atoms with Gasteiger partial charge in [-0.3, -0.25) is 9.59 Å². The van der Waals surface area contributed by atoms with Crippen LogP contribution >= 0.6 is 11.3 Å². The van der Waals surface area contributed by atoms with E-state index in [1.54, 1.807) is 42.4 Å². The molecule has 0 saturated carbocycles. The Morgan fingerprint density at radius 2 is 1.79 bits per heavy atom. The molecular weight excluding hydrogens is 564 g/mol. The lowest BCUT2D eigenvalue weighted by Gasteiger charge is -2.21. The number of ether oxygens (including phenoxy) is 2. The van der Waals surface area contributed by atoms with Crippen LogP contribution in [0.5, 0.6) is 17.2 Å². The first kappa shape index (κ1) is 28.0. The molecule has 0 aliphatic heterocycles. The fourth-order valence-corrected chi connectivity index (χ4v) is 6.40. The van der Waals surface area contributed by atoms with Crippen molar-refractivity contribution in [3.8, 4) is 17.2 Å². The molecule has 0 saturated heterocycles. The van der Waals surface area contributed by atoms with Gasteiger partial charge in [-0.1, -0.05) is 48.5 Å². The highest BCUT2D eigenvalue weighted by molar-refractivity contribution is 7.16. The fraction of sp³-hybridized carbons (Fsp3) is 0.182. The maximum absolute atomic E-state index is 13.9. The van der Waals surface area contributed by atoms with E-state index >= 15 is 0 Å². The van der Waals surface area contributed by atoms with E-state index in [1.807, 2.05) is 54.6 Å². The number of aromatic nitrogens is 3. The number of pyridine rings is 1. The summed E-state index contributed by atoms with van der Waals surface area (Å²) in [6.07, 6.45) is 0.474. The second-order valence-electron chi connectivity index (χ2n) is 10.1. The quantitative estimate of drug-likeness (QED) is 0.208. The normalized spacial score (nSPS) is 12.0. The minimum atomic E-state index is -0.616. The molecule has 218 valence electrons. The number of carbonyl (C=O) groups excluding carboxylic acids is 1. The van der Waals surface area contributed by atoms with Gasteiger partial charge < -0.3 is 29.4 Å². The van der Waals surface area contributed by atoms with Crippen molar-refractivity contribution >= 4 is 38.5 Å². The molecule has 3 aromatic carbocycles. The molecule has 0 aliphatic rings. The molecule has 3 heterocycles. The molecule has 0 aliphatic carbocycles. The largest absolute Gasteiger partial charge is 0.505 e. The molecule has 9 nitrogen and oxygen atoms in total. The van der Waals surface area contributed by atoms with Crippen molar-refractivity contribution in [1.82, 2.24) is 19.9 Å². The fourth-order valence-electron chi connectivity index (χ4n) is 5.64. The highest BCUT2D eigenvalue weighted by atomic mass is 32.1. The Kier molecular flexibility index (Phi) is 7.60. The van der Waals surface area contributed by atoms with E-state index in [0.29, 0.717) is 40.4 Å². The number of hydrogen-bond donors (Lipinski definition) is 3. The summed E-state index contributed by atoms with van der Waals surface area (Å²) in [5.74, 6) is 0.0230. The van der Waals surface area contributed by atoms with Crippen molar-refractivity contribution in [2.24, 2.45) is 7.05 Å². The molecule has 1 amide bonds. The van der Waals surface area contributed by atoms with Gasteiger partial charge in [0.25, 0.3) is 11.5 Å². The zero-order valence-corrected chi connectivity index (χ0v) is 24.7. The topological polar surface area (TPSA) is 118 Å². The lowest BCUT2D eigenvalue weighted by molar-refractivity contribution is 0.0953. The first-order valence-corrected chi connectivity index (χ1v) is 14.6. The molecule has 3 aromatic heterocycles. The van der Waals surface area contributed by atoms with Crippen LogP contribution in [0.3, 0.4) is 0 Å². The molecular formula is C33H30N4O5S. The summed E-state index contributed by atoms with van der Waals surface area (Å²) in [5, 5.41) is 15.5. The Balaban J connectivity index is 1.43. The van der Waals surface area contributed by atoms with Crippen LogP contribution in [0.15, 0.2) is 83.1 Å². The third-order valence-electron chi connectivity index (χ3n) is 7.73. The number of thiazole rings is 1. The standard InChI is InChI=1S/C33H30N4O5S/c1-37-32(40)27(30(38)29-33(37)43-18-35-29)26(19-9-5-4-6-10-19)28-22(21-11-7-8-12-23(21)36-28)15-16-34-31(39)20-13-14-24(41-2)25(17-20)42-3/h4-14,17-18,26,36,38H,15-16H2,1-3H3,(H,34,39). The Morgan fingerprint density at radius 1 is 1.05 bits per heavy atom. The van der Waals surface area contributed by atoms with Gasteiger partial charge in [0.15, 0.2) is 17.2 Å². The third kappa shape index (κ3) is 4.99. The molecule has 0 fully saturated rings. The van der Waals surface area contributed by atoms with E-state index in [9.17, 15) is 14.7 Å². The first-order chi connectivity index (χ1) is 20.9. The first-order valence-electron chi connectivity index (χ1n) is 13.7. The van der Waals surface area contributed by atoms with Gasteiger partial charge in [-0.05, 0) is 41.8 Å². The molecule has 3 N–H and O–H groups in total. The number of nitrogens with one attached hydrogen (secondary N) is 2. The van der Waals surface area contributed by atoms with E-state index in [4.69, 9.17) is 9.47 Å². The monoisotopic (exact) mass is 594 g/mol. The Bertz CT molecular complexity index is 2010. The van der Waals surface area contributed by atoms with Gasteiger partial charge in [0.1, 0.15) is 10.3 Å². The van der Waals surface area contributed by atoms with Crippen molar-refractivity contribution in [3.05, 3.63) is 117 Å². The van der Waals surface area contributed by atoms with Crippen molar-refractivity contribution in [2.75, 3.05) is 20.8 Å². The maximum atomic E-state index is 13.9. The van der Waals surface area contributed by atoms with Crippen LogP contribution in [-0.4, -0.2) is 46.3 Å². The number of aryl methyl sites for hydroxylation is 1. The maximum Gasteiger partial charge on any atom is 0.259 e. The zero-order valence-electron chi connectivity index (χ0n) is 23.9. The van der Waals surface area contributed by atoms with Gasteiger partial charge in [0, 0.05) is 35.8 Å². The summed E-state index contributed by atoms with van der Waals surface area (Å²) in [6.45, 7) is 0.332. The number of methoxy groups -OCH3 is 2. The Morgan fingerprint density at radius 3 is 2.56 bits per heavy atom. The Labute approximate surface area is 251 Å². The highest BCUT2D eigenvalue weighted by Crippen LogP contribution is 2.41. The van der Waals surface area contributed by atoms with Crippen LogP contribution in [0.2, 0.25) is 0 Å². The van der Waals surface area contributed by atoms with Crippen molar-refractivity contribution < 1.29 is 19.4 Å². The number of carbonyl (C=O) groups is 1. The molecule has 0 radical (unpaired) electrons. The molecule has 1 atom stereocenters. The summed E-state index contributed by atoms with van der Waals surface area (Å²) >= 11 is 1.31. The van der Waals surface area contributed by atoms with Gasteiger partial charge in [0.05, 0.1) is 31.2 Å². The van der Waals surface area contributed by atoms with E-state index in [1.165, 1.54) is 18.4 Å². The van der Waals surface area contributed by atoms with E-state index in [2.05, 4.69) is 15.3 Å². The number of nitrogens with zero attached hydrogens (tertiary/aromatic N) is 2. The summed E-state index contributed by atoms with van der Waals surface area (Å²) in [7, 11) is 4.77. The number of aromatic hydroxyl groups is 1. The minimum absolute atomic E-state index is 0.125.